The molecule has 0 saturated heterocycles. The molecule has 0 atom stereocenters. The van der Waals surface area contributed by atoms with Gasteiger partial charge in [-0.05, 0) is 6.07 Å². The molecular weight excluding hydrogens is 162 g/mol. The van der Waals surface area contributed by atoms with Crippen molar-refractivity contribution < 1.29 is 0 Å². The molecule has 0 aliphatic rings. The van der Waals surface area contributed by atoms with Crippen LogP contribution in [-0.4, -0.2) is 4.57 Å². The first kappa shape index (κ1) is 7.90. The van der Waals surface area contributed by atoms with Crippen LogP contribution >= 0.6 is 11.6 Å². The summed E-state index contributed by atoms with van der Waals surface area (Å²) in [5.41, 5.74) is -0.171. The van der Waals surface area contributed by atoms with Crippen molar-refractivity contribution >= 4 is 11.6 Å². The van der Waals surface area contributed by atoms with Crippen LogP contribution in [0.15, 0.2) is 23.0 Å². The third kappa shape index (κ3) is 1.63. The van der Waals surface area contributed by atoms with Crippen molar-refractivity contribution in [3.63, 3.8) is 0 Å². The van der Waals surface area contributed by atoms with E-state index in [2.05, 4.69) is 5.92 Å². The smallest absolute Gasteiger partial charge is 0.252 e. The number of aromatic nitrogens is 1. The minimum Gasteiger partial charge on any atom is -0.287 e. The monoisotopic (exact) mass is 167 g/mol. The highest BCUT2D eigenvalue weighted by Crippen LogP contribution is 2.02. The van der Waals surface area contributed by atoms with Crippen LogP contribution in [0.1, 0.15) is 0 Å². The first-order valence-corrected chi connectivity index (χ1v) is 3.42. The van der Waals surface area contributed by atoms with Gasteiger partial charge in [0.05, 0.1) is 6.54 Å². The Morgan fingerprint density at radius 2 is 2.36 bits per heavy atom. The molecular formula is C8H6ClNO. The van der Waals surface area contributed by atoms with Gasteiger partial charge >= 0.3 is 0 Å². The Kier molecular flexibility index (Phi) is 2.35. The van der Waals surface area contributed by atoms with E-state index in [1.165, 1.54) is 10.6 Å². The Balaban J connectivity index is 3.24. The van der Waals surface area contributed by atoms with Crippen LogP contribution < -0.4 is 5.56 Å². The Morgan fingerprint density at radius 3 is 2.91 bits per heavy atom. The van der Waals surface area contributed by atoms with Crippen LogP contribution in [0.4, 0.5) is 0 Å². The molecule has 1 aromatic heterocycles. The van der Waals surface area contributed by atoms with Gasteiger partial charge in [0.15, 0.2) is 0 Å². The summed E-state index contributed by atoms with van der Waals surface area (Å²) in [6, 6.07) is 4.64. The van der Waals surface area contributed by atoms with Crippen molar-refractivity contribution in [3.8, 4) is 12.3 Å². The maximum atomic E-state index is 11.0. The maximum absolute atomic E-state index is 11.0. The van der Waals surface area contributed by atoms with Gasteiger partial charge in [0.1, 0.15) is 5.15 Å². The Morgan fingerprint density at radius 1 is 1.64 bits per heavy atom. The molecule has 0 aliphatic heterocycles. The topological polar surface area (TPSA) is 22.0 Å². The third-order valence-electron chi connectivity index (χ3n) is 1.25. The summed E-state index contributed by atoms with van der Waals surface area (Å²) in [7, 11) is 0. The van der Waals surface area contributed by atoms with Gasteiger partial charge in [-0.2, -0.15) is 0 Å². The van der Waals surface area contributed by atoms with Crippen LogP contribution in [0, 0.1) is 12.3 Å². The van der Waals surface area contributed by atoms with Crippen LogP contribution in [0.5, 0.6) is 0 Å². The zero-order valence-electron chi connectivity index (χ0n) is 5.75. The highest BCUT2D eigenvalue weighted by molar-refractivity contribution is 6.29. The molecule has 0 amide bonds. The molecule has 0 spiro atoms. The van der Waals surface area contributed by atoms with Crippen molar-refractivity contribution in [1.29, 1.82) is 0 Å². The fraction of sp³-hybridized carbons (Fsp3) is 0.125. The summed E-state index contributed by atoms with van der Waals surface area (Å²) in [5.74, 6) is 2.34. The average molecular weight is 168 g/mol. The molecule has 1 aromatic rings. The van der Waals surface area contributed by atoms with E-state index < -0.39 is 0 Å². The molecule has 1 heterocycles. The van der Waals surface area contributed by atoms with E-state index in [1.54, 1.807) is 12.1 Å². The normalized spacial score (nSPS) is 9.09. The van der Waals surface area contributed by atoms with Crippen molar-refractivity contribution in [2.45, 2.75) is 6.54 Å². The predicted molar refractivity (Wildman–Crippen MR) is 44.5 cm³/mol. The number of hydrogen-bond donors (Lipinski definition) is 0. The molecule has 11 heavy (non-hydrogen) atoms. The largest absolute Gasteiger partial charge is 0.287 e. The van der Waals surface area contributed by atoms with Gasteiger partial charge in [0.25, 0.3) is 5.56 Å². The maximum Gasteiger partial charge on any atom is 0.252 e. The first-order chi connectivity index (χ1) is 5.25. The van der Waals surface area contributed by atoms with Gasteiger partial charge in [0, 0.05) is 6.07 Å². The molecule has 0 bridgehead atoms. The van der Waals surface area contributed by atoms with Crippen LogP contribution in [-0.2, 0) is 6.54 Å². The SMILES string of the molecule is C#CCn1c(Cl)cccc1=O. The second kappa shape index (κ2) is 3.27. The Labute approximate surface area is 69.4 Å². The lowest BCUT2D eigenvalue weighted by Gasteiger charge is -2.01. The standard InChI is InChI=1S/C8H6ClNO/c1-2-6-10-7(9)4-3-5-8(10)11/h1,3-5H,6H2. The average Bonchev–Trinajstić information content (AvgIpc) is 1.97. The van der Waals surface area contributed by atoms with E-state index in [0.29, 0.717) is 5.15 Å². The lowest BCUT2D eigenvalue weighted by atomic mass is 10.4. The van der Waals surface area contributed by atoms with Crippen molar-refractivity contribution in [1.82, 2.24) is 4.57 Å². The Hall–Kier alpha value is -1.20. The predicted octanol–water partition coefficient (Wildman–Crippen LogP) is 1.13. The molecule has 0 saturated carbocycles. The third-order valence-corrected chi connectivity index (χ3v) is 1.58. The second-order valence-corrected chi connectivity index (χ2v) is 2.36. The molecule has 0 unspecified atom stereocenters. The molecule has 0 radical (unpaired) electrons. The lowest BCUT2D eigenvalue weighted by molar-refractivity contribution is 0.797. The van der Waals surface area contributed by atoms with Crippen LogP contribution in [0.3, 0.4) is 0 Å². The number of halogens is 1. The van der Waals surface area contributed by atoms with E-state index in [-0.39, 0.29) is 12.1 Å². The van der Waals surface area contributed by atoms with Gasteiger partial charge in [-0.1, -0.05) is 23.6 Å². The zero-order chi connectivity index (χ0) is 8.27. The van der Waals surface area contributed by atoms with Gasteiger partial charge in [-0.3, -0.25) is 9.36 Å². The second-order valence-electron chi connectivity index (χ2n) is 1.98. The minimum absolute atomic E-state index is 0.171. The highest BCUT2D eigenvalue weighted by atomic mass is 35.5. The van der Waals surface area contributed by atoms with Crippen molar-refractivity contribution in [3.05, 3.63) is 33.7 Å². The van der Waals surface area contributed by atoms with Crippen molar-refractivity contribution in [2.75, 3.05) is 0 Å². The molecule has 3 heteroatoms. The quantitative estimate of drug-likeness (QED) is 0.454. The van der Waals surface area contributed by atoms with Crippen LogP contribution in [0.25, 0.3) is 0 Å². The molecule has 0 N–H and O–H groups in total. The number of terminal acetylenes is 1. The fourth-order valence-electron chi connectivity index (χ4n) is 0.740. The molecule has 2 nitrogen and oxygen atoms in total. The molecule has 0 aromatic carbocycles. The summed E-state index contributed by atoms with van der Waals surface area (Å²) in [6.07, 6.45) is 5.03. The highest BCUT2D eigenvalue weighted by Gasteiger charge is 1.96. The number of pyridine rings is 1. The zero-order valence-corrected chi connectivity index (χ0v) is 6.51. The summed E-state index contributed by atoms with van der Waals surface area (Å²) >= 11 is 5.68. The summed E-state index contributed by atoms with van der Waals surface area (Å²) < 4.78 is 1.32. The van der Waals surface area contributed by atoms with Gasteiger partial charge in [-0.15, -0.1) is 6.42 Å². The molecule has 1 rings (SSSR count). The Bertz CT molecular complexity index is 348. The van der Waals surface area contributed by atoms with E-state index in [1.807, 2.05) is 0 Å². The van der Waals surface area contributed by atoms with E-state index >= 15 is 0 Å². The van der Waals surface area contributed by atoms with E-state index in [9.17, 15) is 4.79 Å². The number of rotatable bonds is 1. The lowest BCUT2D eigenvalue weighted by Crippen LogP contribution is -2.18. The molecule has 0 fully saturated rings. The fourth-order valence-corrected chi connectivity index (χ4v) is 0.956. The number of hydrogen-bond acceptors (Lipinski definition) is 1. The first-order valence-electron chi connectivity index (χ1n) is 3.04. The molecule has 0 aliphatic carbocycles. The van der Waals surface area contributed by atoms with Crippen molar-refractivity contribution in [2.24, 2.45) is 0 Å². The summed E-state index contributed by atoms with van der Waals surface area (Å²) in [6.45, 7) is 0.221. The van der Waals surface area contributed by atoms with Gasteiger partial charge in [0.2, 0.25) is 0 Å². The van der Waals surface area contributed by atoms with Gasteiger partial charge < -0.3 is 0 Å². The van der Waals surface area contributed by atoms with E-state index in [0.717, 1.165) is 0 Å². The minimum atomic E-state index is -0.171. The van der Waals surface area contributed by atoms with Crippen LogP contribution in [0.2, 0.25) is 5.15 Å². The summed E-state index contributed by atoms with van der Waals surface area (Å²) in [4.78, 5) is 11.0. The van der Waals surface area contributed by atoms with Gasteiger partial charge in [-0.25, -0.2) is 0 Å². The number of nitrogens with zero attached hydrogens (tertiary/aromatic N) is 1. The van der Waals surface area contributed by atoms with E-state index in [4.69, 9.17) is 18.0 Å². The summed E-state index contributed by atoms with van der Waals surface area (Å²) in [5, 5.41) is 0.371. The molecule has 56 valence electrons.